The van der Waals surface area contributed by atoms with Gasteiger partial charge in [0.15, 0.2) is 0 Å². The maximum Gasteiger partial charge on any atom is 0.264 e. The third kappa shape index (κ3) is 4.45. The lowest BCUT2D eigenvalue weighted by Gasteiger charge is -2.25. The molecule has 1 N–H and O–H groups in total. The Morgan fingerprint density at radius 2 is 1.53 bits per heavy atom. The van der Waals surface area contributed by atoms with Crippen molar-refractivity contribution in [3.05, 3.63) is 102 Å². The number of nitrogens with zero attached hydrogens (tertiary/aromatic N) is 1. The standard InChI is InChI=1S/C29H26N2O4S/c1-19-8-13-24(14-9-19)36(33,34)31(23-12-10-20(2)21(3)16-23)18-29(32)30-22-11-15-26-25-6-4-5-7-27(25)35-28(26)17-22/h4-17H,18H2,1-3H3,(H,30,32). The van der Waals surface area contributed by atoms with E-state index in [0.29, 0.717) is 17.0 Å². The smallest absolute Gasteiger partial charge is 0.264 e. The van der Waals surface area contributed by atoms with Gasteiger partial charge in [-0.2, -0.15) is 0 Å². The molecule has 0 atom stereocenters. The molecule has 0 aliphatic heterocycles. The van der Waals surface area contributed by atoms with E-state index >= 15 is 0 Å². The molecule has 0 spiro atoms. The van der Waals surface area contributed by atoms with E-state index in [0.717, 1.165) is 37.4 Å². The molecule has 1 heterocycles. The van der Waals surface area contributed by atoms with Crippen molar-refractivity contribution >= 4 is 49.2 Å². The molecule has 0 saturated carbocycles. The minimum absolute atomic E-state index is 0.128. The predicted molar refractivity (Wildman–Crippen MR) is 144 cm³/mol. The summed E-state index contributed by atoms with van der Waals surface area (Å²) < 4.78 is 34.3. The molecule has 0 fully saturated rings. The van der Waals surface area contributed by atoms with Crippen molar-refractivity contribution in [1.29, 1.82) is 0 Å². The predicted octanol–water partition coefficient (Wildman–Crippen LogP) is 6.35. The van der Waals surface area contributed by atoms with Crippen LogP contribution in [-0.2, 0) is 14.8 Å². The van der Waals surface area contributed by atoms with Crippen LogP contribution in [-0.4, -0.2) is 20.9 Å². The first-order valence-corrected chi connectivity index (χ1v) is 13.0. The van der Waals surface area contributed by atoms with Crippen LogP contribution in [0.15, 0.2) is 94.2 Å². The summed E-state index contributed by atoms with van der Waals surface area (Å²) in [5.41, 5.74) is 5.29. The summed E-state index contributed by atoms with van der Waals surface area (Å²) in [4.78, 5) is 13.3. The van der Waals surface area contributed by atoms with Gasteiger partial charge in [-0.1, -0.05) is 42.0 Å². The molecule has 6 nitrogen and oxygen atoms in total. The Bertz CT molecular complexity index is 1700. The highest BCUT2D eigenvalue weighted by atomic mass is 32.2. The molecule has 0 aliphatic rings. The fourth-order valence-electron chi connectivity index (χ4n) is 4.17. The fraction of sp³-hybridized carbons (Fsp3) is 0.138. The Kier molecular flexibility index (Phi) is 6.02. The molecular formula is C29H26N2O4S. The molecule has 0 aliphatic carbocycles. The van der Waals surface area contributed by atoms with Crippen LogP contribution in [0, 0.1) is 20.8 Å². The zero-order chi connectivity index (χ0) is 25.4. The number of hydrogen-bond acceptors (Lipinski definition) is 4. The summed E-state index contributed by atoms with van der Waals surface area (Å²) in [5.74, 6) is -0.459. The van der Waals surface area contributed by atoms with Crippen LogP contribution in [0.1, 0.15) is 16.7 Å². The molecule has 0 unspecified atom stereocenters. The molecule has 36 heavy (non-hydrogen) atoms. The van der Waals surface area contributed by atoms with E-state index in [1.165, 1.54) is 0 Å². The van der Waals surface area contributed by atoms with Gasteiger partial charge in [0.25, 0.3) is 10.0 Å². The first-order valence-electron chi connectivity index (χ1n) is 11.6. The van der Waals surface area contributed by atoms with Gasteiger partial charge in [0.2, 0.25) is 5.91 Å². The van der Waals surface area contributed by atoms with E-state index in [1.54, 1.807) is 48.5 Å². The average Bonchev–Trinajstić information content (AvgIpc) is 3.22. The zero-order valence-corrected chi connectivity index (χ0v) is 21.1. The summed E-state index contributed by atoms with van der Waals surface area (Å²) in [6, 6.07) is 25.1. The number of carbonyl (C=O) groups is 1. The third-order valence-electron chi connectivity index (χ3n) is 6.34. The fourth-order valence-corrected chi connectivity index (χ4v) is 5.58. The van der Waals surface area contributed by atoms with Gasteiger partial charge in [-0.05, 0) is 74.4 Å². The number of sulfonamides is 1. The van der Waals surface area contributed by atoms with Gasteiger partial charge >= 0.3 is 0 Å². The zero-order valence-electron chi connectivity index (χ0n) is 20.3. The number of carbonyl (C=O) groups excluding carboxylic acids is 1. The van der Waals surface area contributed by atoms with Gasteiger partial charge in [-0.15, -0.1) is 0 Å². The van der Waals surface area contributed by atoms with Crippen LogP contribution >= 0.6 is 0 Å². The van der Waals surface area contributed by atoms with E-state index in [9.17, 15) is 13.2 Å². The van der Waals surface area contributed by atoms with Crippen molar-refractivity contribution in [1.82, 2.24) is 0 Å². The molecule has 5 rings (SSSR count). The maximum absolute atomic E-state index is 13.6. The van der Waals surface area contributed by atoms with Crippen molar-refractivity contribution in [3.63, 3.8) is 0 Å². The number of furan rings is 1. The van der Waals surface area contributed by atoms with Crippen molar-refractivity contribution < 1.29 is 17.6 Å². The van der Waals surface area contributed by atoms with Gasteiger partial charge in [-0.3, -0.25) is 9.10 Å². The monoisotopic (exact) mass is 498 g/mol. The van der Waals surface area contributed by atoms with E-state index in [-0.39, 0.29) is 11.4 Å². The number of anilines is 2. The van der Waals surface area contributed by atoms with Crippen LogP contribution in [0.3, 0.4) is 0 Å². The van der Waals surface area contributed by atoms with Crippen LogP contribution in [0.2, 0.25) is 0 Å². The highest BCUT2D eigenvalue weighted by Crippen LogP contribution is 2.31. The first kappa shape index (κ1) is 23.6. The van der Waals surface area contributed by atoms with E-state index in [4.69, 9.17) is 4.42 Å². The minimum Gasteiger partial charge on any atom is -0.456 e. The van der Waals surface area contributed by atoms with Crippen LogP contribution in [0.4, 0.5) is 11.4 Å². The van der Waals surface area contributed by atoms with Gasteiger partial charge in [0.05, 0.1) is 10.6 Å². The van der Waals surface area contributed by atoms with E-state index in [1.807, 2.05) is 57.2 Å². The molecule has 182 valence electrons. The van der Waals surface area contributed by atoms with Crippen molar-refractivity contribution in [2.24, 2.45) is 0 Å². The van der Waals surface area contributed by atoms with Crippen molar-refractivity contribution in [2.45, 2.75) is 25.7 Å². The first-order chi connectivity index (χ1) is 17.2. The molecule has 5 aromatic rings. The number of fused-ring (bicyclic) bond motifs is 3. The number of amides is 1. The number of hydrogen-bond donors (Lipinski definition) is 1. The lowest BCUT2D eigenvalue weighted by Crippen LogP contribution is -2.38. The molecule has 1 aromatic heterocycles. The molecule has 0 saturated heterocycles. The number of aryl methyl sites for hydroxylation is 3. The second kappa shape index (κ2) is 9.17. The number of nitrogens with one attached hydrogen (secondary N) is 1. The summed E-state index contributed by atoms with van der Waals surface area (Å²) in [6.07, 6.45) is 0. The van der Waals surface area contributed by atoms with Gasteiger partial charge < -0.3 is 9.73 Å². The van der Waals surface area contributed by atoms with Crippen LogP contribution in [0.25, 0.3) is 21.9 Å². The Labute approximate surface area is 210 Å². The average molecular weight is 499 g/mol. The maximum atomic E-state index is 13.6. The van der Waals surface area contributed by atoms with E-state index in [2.05, 4.69) is 5.32 Å². The quantitative estimate of drug-likeness (QED) is 0.296. The summed E-state index contributed by atoms with van der Waals surface area (Å²) in [6.45, 7) is 5.39. The Morgan fingerprint density at radius 1 is 0.806 bits per heavy atom. The largest absolute Gasteiger partial charge is 0.456 e. The molecular weight excluding hydrogens is 472 g/mol. The third-order valence-corrected chi connectivity index (χ3v) is 8.13. The highest BCUT2D eigenvalue weighted by molar-refractivity contribution is 7.92. The normalized spacial score (nSPS) is 11.6. The van der Waals surface area contributed by atoms with E-state index < -0.39 is 15.9 Å². The molecule has 4 aromatic carbocycles. The van der Waals surface area contributed by atoms with Crippen LogP contribution in [0.5, 0.6) is 0 Å². The van der Waals surface area contributed by atoms with Crippen molar-refractivity contribution in [2.75, 3.05) is 16.2 Å². The summed E-state index contributed by atoms with van der Waals surface area (Å²) >= 11 is 0. The Hall–Kier alpha value is -4.10. The molecule has 0 bridgehead atoms. The second-order valence-electron chi connectivity index (χ2n) is 8.95. The number of para-hydroxylation sites is 1. The number of benzene rings is 4. The second-order valence-corrected chi connectivity index (χ2v) is 10.8. The number of rotatable bonds is 6. The Morgan fingerprint density at radius 3 is 2.28 bits per heavy atom. The highest BCUT2D eigenvalue weighted by Gasteiger charge is 2.27. The SMILES string of the molecule is Cc1ccc(S(=O)(=O)N(CC(=O)Nc2ccc3c(c2)oc2ccccc23)c2ccc(C)c(C)c2)cc1. The topological polar surface area (TPSA) is 79.6 Å². The van der Waals surface area contributed by atoms with Gasteiger partial charge in [0, 0.05) is 22.5 Å². The molecule has 7 heteroatoms. The summed E-state index contributed by atoms with van der Waals surface area (Å²) in [5, 5.41) is 4.77. The molecule has 0 radical (unpaired) electrons. The van der Waals surface area contributed by atoms with Crippen LogP contribution < -0.4 is 9.62 Å². The van der Waals surface area contributed by atoms with Gasteiger partial charge in [-0.25, -0.2) is 8.42 Å². The molecule has 1 amide bonds. The lowest BCUT2D eigenvalue weighted by molar-refractivity contribution is -0.114. The summed E-state index contributed by atoms with van der Waals surface area (Å²) in [7, 11) is -3.99. The Balaban J connectivity index is 1.46. The minimum atomic E-state index is -3.99. The lowest BCUT2D eigenvalue weighted by atomic mass is 10.1. The van der Waals surface area contributed by atoms with Crippen molar-refractivity contribution in [3.8, 4) is 0 Å². The van der Waals surface area contributed by atoms with Gasteiger partial charge in [0.1, 0.15) is 17.7 Å².